The Morgan fingerprint density at radius 2 is 2.11 bits per heavy atom. The third-order valence-electron chi connectivity index (χ3n) is 2.79. The highest BCUT2D eigenvalue weighted by atomic mass is 32.2. The van der Waals surface area contributed by atoms with Crippen LogP contribution in [0.3, 0.4) is 0 Å². The van der Waals surface area contributed by atoms with Gasteiger partial charge in [-0.15, -0.1) is 0 Å². The van der Waals surface area contributed by atoms with Crippen LogP contribution in [0.25, 0.3) is 6.08 Å². The van der Waals surface area contributed by atoms with E-state index in [0.717, 1.165) is 11.3 Å². The molecule has 1 amide bonds. The van der Waals surface area contributed by atoms with Gasteiger partial charge in [-0.25, -0.2) is 9.89 Å². The Morgan fingerprint density at radius 1 is 1.37 bits per heavy atom. The molecule has 2 N–H and O–H groups in total. The number of nitrogens with two attached hydrogens (primary N) is 1. The maximum absolute atomic E-state index is 12.1. The van der Waals surface area contributed by atoms with Crippen molar-refractivity contribution < 1.29 is 9.53 Å². The van der Waals surface area contributed by atoms with Crippen molar-refractivity contribution in [3.05, 3.63) is 46.8 Å². The van der Waals surface area contributed by atoms with Crippen molar-refractivity contribution in [1.29, 1.82) is 0 Å². The van der Waals surface area contributed by atoms with Crippen LogP contribution in [0.5, 0.6) is 5.75 Å². The van der Waals surface area contributed by atoms with E-state index < -0.39 is 0 Å². The van der Waals surface area contributed by atoms with E-state index in [9.17, 15) is 4.79 Å². The van der Waals surface area contributed by atoms with Gasteiger partial charge in [0.25, 0.3) is 5.91 Å². The second-order valence-corrected chi connectivity index (χ2v) is 4.83. The summed E-state index contributed by atoms with van der Waals surface area (Å²) in [4.78, 5) is 17.8. The summed E-state index contributed by atoms with van der Waals surface area (Å²) in [7, 11) is 1.61. The van der Waals surface area contributed by atoms with E-state index in [-0.39, 0.29) is 5.91 Å². The van der Waals surface area contributed by atoms with Crippen molar-refractivity contribution in [3.63, 3.8) is 0 Å². The zero-order chi connectivity index (χ0) is 13.4. The minimum Gasteiger partial charge on any atom is -0.497 e. The van der Waals surface area contributed by atoms with E-state index >= 15 is 0 Å². The first-order valence-corrected chi connectivity index (χ1v) is 6.48. The summed E-state index contributed by atoms with van der Waals surface area (Å²) < 4.78 is 5.08. The van der Waals surface area contributed by atoms with Gasteiger partial charge in [-0.05, 0) is 23.8 Å². The van der Waals surface area contributed by atoms with Crippen LogP contribution in [0.15, 0.2) is 46.2 Å². The van der Waals surface area contributed by atoms with Crippen LogP contribution in [-0.4, -0.2) is 23.1 Å². The number of methoxy groups -OCH3 is 1. The average Bonchev–Trinajstić information content (AvgIpc) is 2.93. The largest absolute Gasteiger partial charge is 0.497 e. The van der Waals surface area contributed by atoms with Crippen LogP contribution in [0, 0.1) is 0 Å². The molecule has 6 heteroatoms. The lowest BCUT2D eigenvalue weighted by atomic mass is 10.2. The summed E-state index contributed by atoms with van der Waals surface area (Å²) in [6.07, 6.45) is 1.74. The summed E-state index contributed by atoms with van der Waals surface area (Å²) in [5.41, 5.74) is 7.01. The Hall–Kier alpha value is -2.21. The van der Waals surface area contributed by atoms with E-state index in [0.29, 0.717) is 16.7 Å². The first-order valence-electron chi connectivity index (χ1n) is 5.60. The summed E-state index contributed by atoms with van der Waals surface area (Å²) in [6.45, 7) is 0. The number of amides is 1. The Labute approximate surface area is 114 Å². The maximum Gasteiger partial charge on any atom is 0.284 e. The predicted octanol–water partition coefficient (Wildman–Crippen LogP) is 1.74. The number of carbonyl (C=O) groups is 1. The number of nitrogens with zero attached hydrogens (tertiary/aromatic N) is 2. The Balaban J connectivity index is 1.89. The molecular weight excluding hydrogens is 262 g/mol. The standard InChI is InChI=1S/C13H11N3O2S/c1-18-9-4-2-8(3-5-9)6-10-12(17)16-11(14)7-19-13(16)15-10/h2-7H,14H2,1H3/b10-6-. The highest BCUT2D eigenvalue weighted by Crippen LogP contribution is 2.32. The molecule has 2 aliphatic rings. The molecule has 0 aromatic heterocycles. The van der Waals surface area contributed by atoms with Gasteiger partial charge in [0.1, 0.15) is 17.3 Å². The van der Waals surface area contributed by atoms with E-state index in [1.165, 1.54) is 16.7 Å². The summed E-state index contributed by atoms with van der Waals surface area (Å²) in [5.74, 6) is 1.01. The fourth-order valence-corrected chi connectivity index (χ4v) is 2.60. The van der Waals surface area contributed by atoms with Gasteiger partial charge in [0.15, 0.2) is 5.17 Å². The fourth-order valence-electron chi connectivity index (χ4n) is 1.83. The van der Waals surface area contributed by atoms with Gasteiger partial charge >= 0.3 is 0 Å². The summed E-state index contributed by atoms with van der Waals surface area (Å²) in [5, 5.41) is 2.32. The van der Waals surface area contributed by atoms with Crippen LogP contribution >= 0.6 is 11.8 Å². The second-order valence-electron chi connectivity index (χ2n) is 4.00. The number of benzene rings is 1. The van der Waals surface area contributed by atoms with Crippen LogP contribution in [0.2, 0.25) is 0 Å². The molecule has 0 saturated carbocycles. The lowest BCUT2D eigenvalue weighted by Crippen LogP contribution is -2.30. The summed E-state index contributed by atoms with van der Waals surface area (Å²) >= 11 is 1.35. The second kappa shape index (κ2) is 4.47. The molecule has 0 spiro atoms. The zero-order valence-corrected chi connectivity index (χ0v) is 11.0. The number of rotatable bonds is 2. The number of thioether (sulfide) groups is 1. The molecule has 0 fully saturated rings. The number of hydrogen-bond acceptors (Lipinski definition) is 5. The van der Waals surface area contributed by atoms with Crippen LogP contribution < -0.4 is 10.5 Å². The van der Waals surface area contributed by atoms with Crippen LogP contribution in [0.4, 0.5) is 0 Å². The third-order valence-corrected chi connectivity index (χ3v) is 3.64. The average molecular weight is 273 g/mol. The van der Waals surface area contributed by atoms with Crippen molar-refractivity contribution in [1.82, 2.24) is 4.90 Å². The Kier molecular flexibility index (Phi) is 2.79. The number of hydrogen-bond donors (Lipinski definition) is 1. The number of ether oxygens (including phenoxy) is 1. The lowest BCUT2D eigenvalue weighted by molar-refractivity contribution is -0.121. The maximum atomic E-state index is 12.1. The topological polar surface area (TPSA) is 67.9 Å². The molecule has 0 saturated heterocycles. The van der Waals surface area contributed by atoms with Crippen molar-refractivity contribution in [3.8, 4) is 5.75 Å². The molecule has 5 nitrogen and oxygen atoms in total. The lowest BCUT2D eigenvalue weighted by Gasteiger charge is -2.09. The monoisotopic (exact) mass is 273 g/mol. The Bertz CT molecular complexity index is 632. The molecule has 0 bridgehead atoms. The predicted molar refractivity (Wildman–Crippen MR) is 75.1 cm³/mol. The zero-order valence-electron chi connectivity index (χ0n) is 10.2. The highest BCUT2D eigenvalue weighted by Gasteiger charge is 2.35. The van der Waals surface area contributed by atoms with E-state index in [1.807, 2.05) is 24.3 Å². The highest BCUT2D eigenvalue weighted by molar-refractivity contribution is 8.16. The van der Waals surface area contributed by atoms with Crippen LogP contribution in [0.1, 0.15) is 5.56 Å². The Morgan fingerprint density at radius 3 is 2.74 bits per heavy atom. The third kappa shape index (κ3) is 2.00. The smallest absolute Gasteiger partial charge is 0.284 e. The van der Waals surface area contributed by atoms with Gasteiger partial charge < -0.3 is 10.5 Å². The molecule has 0 unspecified atom stereocenters. The number of fused-ring (bicyclic) bond motifs is 1. The first-order chi connectivity index (χ1) is 9.19. The molecule has 0 atom stereocenters. The van der Waals surface area contributed by atoms with E-state index in [4.69, 9.17) is 10.5 Å². The number of amidine groups is 1. The minimum atomic E-state index is -0.190. The van der Waals surface area contributed by atoms with Crippen molar-refractivity contribution in [2.75, 3.05) is 7.11 Å². The molecule has 0 radical (unpaired) electrons. The van der Waals surface area contributed by atoms with Gasteiger partial charge in [-0.2, -0.15) is 0 Å². The molecule has 19 heavy (non-hydrogen) atoms. The first kappa shape index (κ1) is 11.9. The van der Waals surface area contributed by atoms with Crippen molar-refractivity contribution in [2.45, 2.75) is 0 Å². The molecule has 0 aliphatic carbocycles. The van der Waals surface area contributed by atoms with E-state index in [2.05, 4.69) is 4.99 Å². The van der Waals surface area contributed by atoms with Crippen molar-refractivity contribution in [2.24, 2.45) is 10.7 Å². The molecular formula is C13H11N3O2S. The van der Waals surface area contributed by atoms with Crippen LogP contribution in [-0.2, 0) is 4.79 Å². The van der Waals surface area contributed by atoms with Crippen molar-refractivity contribution >= 4 is 28.9 Å². The number of carbonyl (C=O) groups excluding carboxylic acids is 1. The fraction of sp³-hybridized carbons (Fsp3) is 0.0769. The normalized spacial score (nSPS) is 19.5. The van der Waals surface area contributed by atoms with Gasteiger partial charge in [-0.1, -0.05) is 23.9 Å². The SMILES string of the molecule is COc1ccc(/C=C2\N=C3SC=C(N)N3C2=O)cc1. The van der Waals surface area contributed by atoms with Gasteiger partial charge in [0.05, 0.1) is 7.11 Å². The van der Waals surface area contributed by atoms with Gasteiger partial charge in [0, 0.05) is 5.41 Å². The summed E-state index contributed by atoms with van der Waals surface area (Å²) in [6, 6.07) is 7.41. The molecule has 2 aliphatic heterocycles. The molecule has 2 heterocycles. The molecule has 96 valence electrons. The molecule has 3 rings (SSSR count). The minimum absolute atomic E-state index is 0.190. The molecule has 1 aromatic carbocycles. The quantitative estimate of drug-likeness (QED) is 0.833. The number of aliphatic imine (C=N–C) groups is 1. The molecule has 1 aromatic rings. The van der Waals surface area contributed by atoms with Gasteiger partial charge in [-0.3, -0.25) is 4.79 Å². The van der Waals surface area contributed by atoms with Gasteiger partial charge in [0.2, 0.25) is 0 Å². The van der Waals surface area contributed by atoms with E-state index in [1.54, 1.807) is 18.6 Å².